The lowest BCUT2D eigenvalue weighted by atomic mass is 10.0. The van der Waals surface area contributed by atoms with Crippen molar-refractivity contribution < 1.29 is 13.5 Å². The molecule has 3 nitrogen and oxygen atoms in total. The molecule has 0 saturated heterocycles. The van der Waals surface area contributed by atoms with E-state index in [1.807, 2.05) is 27.1 Å². The highest BCUT2D eigenvalue weighted by atomic mass is 19.3. The molecule has 0 saturated carbocycles. The van der Waals surface area contributed by atoms with Crippen molar-refractivity contribution in [2.45, 2.75) is 39.0 Å². The summed E-state index contributed by atoms with van der Waals surface area (Å²) in [6.07, 6.45) is 0. The lowest BCUT2D eigenvalue weighted by Crippen LogP contribution is -2.47. The van der Waals surface area contributed by atoms with Crippen LogP contribution in [0.5, 0.6) is 5.75 Å². The molecular weight excluding hydrogens is 262 g/mol. The molecule has 0 fully saturated rings. The van der Waals surface area contributed by atoms with Crippen LogP contribution in [0.4, 0.5) is 8.78 Å². The van der Waals surface area contributed by atoms with Crippen LogP contribution in [-0.4, -0.2) is 37.7 Å². The van der Waals surface area contributed by atoms with Crippen LogP contribution in [0.3, 0.4) is 0 Å². The molecule has 0 radical (unpaired) electrons. The first-order valence-electron chi connectivity index (χ1n) is 6.68. The zero-order chi connectivity index (χ0) is 15.3. The Balaban J connectivity index is 2.75. The predicted octanol–water partition coefficient (Wildman–Crippen LogP) is 3.28. The van der Waals surface area contributed by atoms with Gasteiger partial charge in [-0.3, -0.25) is 0 Å². The number of benzene rings is 1. The van der Waals surface area contributed by atoms with Crippen molar-refractivity contribution in [2.24, 2.45) is 0 Å². The number of nitrogens with one attached hydrogen (secondary N) is 1. The lowest BCUT2D eigenvalue weighted by molar-refractivity contribution is -0.0507. The summed E-state index contributed by atoms with van der Waals surface area (Å²) in [4.78, 5) is 2.12. The number of rotatable bonds is 7. The molecule has 0 heterocycles. The lowest BCUT2D eigenvalue weighted by Gasteiger charge is -2.34. The summed E-state index contributed by atoms with van der Waals surface area (Å²) >= 11 is 0. The third-order valence-electron chi connectivity index (χ3n) is 3.65. The van der Waals surface area contributed by atoms with Crippen molar-refractivity contribution in [1.82, 2.24) is 10.2 Å². The van der Waals surface area contributed by atoms with Crippen LogP contribution in [0.1, 0.15) is 32.4 Å². The second kappa shape index (κ2) is 6.99. The van der Waals surface area contributed by atoms with E-state index in [9.17, 15) is 8.78 Å². The first kappa shape index (κ1) is 16.9. The summed E-state index contributed by atoms with van der Waals surface area (Å²) in [5.41, 5.74) is 0.717. The van der Waals surface area contributed by atoms with Gasteiger partial charge in [0.05, 0.1) is 0 Å². The fourth-order valence-corrected chi connectivity index (χ4v) is 1.71. The highest BCUT2D eigenvalue weighted by molar-refractivity contribution is 5.35. The highest BCUT2D eigenvalue weighted by Gasteiger charge is 2.22. The van der Waals surface area contributed by atoms with Gasteiger partial charge >= 0.3 is 6.61 Å². The number of para-hydroxylation sites is 1. The van der Waals surface area contributed by atoms with Crippen LogP contribution in [0.15, 0.2) is 24.3 Å². The molecule has 0 aliphatic carbocycles. The second-order valence-electron chi connectivity index (χ2n) is 5.73. The van der Waals surface area contributed by atoms with E-state index >= 15 is 0 Å². The van der Waals surface area contributed by atoms with E-state index in [0.29, 0.717) is 0 Å². The normalized spacial score (nSPS) is 13.8. The molecule has 114 valence electrons. The van der Waals surface area contributed by atoms with Crippen LogP contribution in [0.25, 0.3) is 0 Å². The first-order chi connectivity index (χ1) is 9.24. The van der Waals surface area contributed by atoms with Gasteiger partial charge in [0.1, 0.15) is 5.75 Å². The molecule has 0 bridgehead atoms. The van der Waals surface area contributed by atoms with E-state index in [-0.39, 0.29) is 17.3 Å². The molecule has 0 spiro atoms. The molecule has 1 unspecified atom stereocenters. The smallest absolute Gasteiger partial charge is 0.387 e. The molecule has 1 N–H and O–H groups in total. The molecule has 1 aromatic carbocycles. The van der Waals surface area contributed by atoms with E-state index in [1.54, 1.807) is 18.2 Å². The maximum Gasteiger partial charge on any atom is 0.387 e. The number of ether oxygens (including phenoxy) is 1. The molecular formula is C15H24F2N2O. The van der Waals surface area contributed by atoms with Gasteiger partial charge in [0, 0.05) is 23.7 Å². The summed E-state index contributed by atoms with van der Waals surface area (Å²) in [7, 11) is 4.03. The SMILES string of the molecule is CC(NCC(C)(C)N(C)C)c1ccccc1OC(F)F. The fraction of sp³-hybridized carbons (Fsp3) is 0.600. The Labute approximate surface area is 119 Å². The van der Waals surface area contributed by atoms with E-state index in [0.717, 1.165) is 12.1 Å². The molecule has 0 aliphatic heterocycles. The van der Waals surface area contributed by atoms with Gasteiger partial charge in [0.15, 0.2) is 0 Å². The number of halogens is 2. The maximum atomic E-state index is 12.4. The summed E-state index contributed by atoms with van der Waals surface area (Å²) in [5.74, 6) is 0.227. The topological polar surface area (TPSA) is 24.5 Å². The Morgan fingerprint density at radius 3 is 2.40 bits per heavy atom. The van der Waals surface area contributed by atoms with Gasteiger partial charge < -0.3 is 15.0 Å². The van der Waals surface area contributed by atoms with Crippen molar-refractivity contribution >= 4 is 0 Å². The fourth-order valence-electron chi connectivity index (χ4n) is 1.71. The van der Waals surface area contributed by atoms with E-state index < -0.39 is 6.61 Å². The minimum Gasteiger partial charge on any atom is -0.434 e. The molecule has 0 amide bonds. The Morgan fingerprint density at radius 2 is 1.85 bits per heavy atom. The van der Waals surface area contributed by atoms with Crippen molar-refractivity contribution in [3.05, 3.63) is 29.8 Å². The minimum atomic E-state index is -2.80. The van der Waals surface area contributed by atoms with Crippen LogP contribution in [0, 0.1) is 0 Å². The van der Waals surface area contributed by atoms with Gasteiger partial charge in [-0.2, -0.15) is 8.78 Å². The molecule has 20 heavy (non-hydrogen) atoms. The van der Waals surface area contributed by atoms with Gasteiger partial charge in [-0.1, -0.05) is 18.2 Å². The summed E-state index contributed by atoms with van der Waals surface area (Å²) in [5, 5.41) is 3.37. The molecule has 5 heteroatoms. The van der Waals surface area contributed by atoms with Crippen LogP contribution >= 0.6 is 0 Å². The predicted molar refractivity (Wildman–Crippen MR) is 77.3 cm³/mol. The molecule has 0 aromatic heterocycles. The monoisotopic (exact) mass is 286 g/mol. The van der Waals surface area contributed by atoms with E-state index in [1.165, 1.54) is 0 Å². The maximum absolute atomic E-state index is 12.4. The van der Waals surface area contributed by atoms with E-state index in [2.05, 4.69) is 28.8 Å². The quantitative estimate of drug-likeness (QED) is 0.832. The number of alkyl halides is 2. The Kier molecular flexibility index (Phi) is 5.89. The third kappa shape index (κ3) is 4.72. The Bertz CT molecular complexity index is 422. The van der Waals surface area contributed by atoms with Crippen molar-refractivity contribution in [3.8, 4) is 5.75 Å². The number of hydrogen-bond acceptors (Lipinski definition) is 3. The highest BCUT2D eigenvalue weighted by Crippen LogP contribution is 2.26. The van der Waals surface area contributed by atoms with Gasteiger partial charge in [0.25, 0.3) is 0 Å². The largest absolute Gasteiger partial charge is 0.434 e. The van der Waals surface area contributed by atoms with Crippen LogP contribution in [-0.2, 0) is 0 Å². The van der Waals surface area contributed by atoms with Gasteiger partial charge in [-0.05, 0) is 40.9 Å². The summed E-state index contributed by atoms with van der Waals surface area (Å²) in [6, 6.07) is 6.82. The van der Waals surface area contributed by atoms with Gasteiger partial charge in [-0.15, -0.1) is 0 Å². The van der Waals surface area contributed by atoms with Crippen molar-refractivity contribution in [3.63, 3.8) is 0 Å². The summed E-state index contributed by atoms with van der Waals surface area (Å²) < 4.78 is 29.4. The van der Waals surface area contributed by atoms with Crippen LogP contribution in [0.2, 0.25) is 0 Å². The standard InChI is InChI=1S/C15H24F2N2O/c1-11(18-10-15(2,3)19(4)5)12-8-6-7-9-13(12)20-14(16)17/h6-9,11,14,18H,10H2,1-5H3. The summed E-state index contributed by atoms with van der Waals surface area (Å²) in [6.45, 7) is 4.12. The number of hydrogen-bond donors (Lipinski definition) is 1. The average molecular weight is 286 g/mol. The molecule has 1 rings (SSSR count). The van der Waals surface area contributed by atoms with Gasteiger partial charge in [0.2, 0.25) is 0 Å². The molecule has 1 aromatic rings. The van der Waals surface area contributed by atoms with Crippen LogP contribution < -0.4 is 10.1 Å². The van der Waals surface area contributed by atoms with Crippen molar-refractivity contribution in [2.75, 3.05) is 20.6 Å². The zero-order valence-corrected chi connectivity index (χ0v) is 12.8. The molecule has 0 aliphatic rings. The Hall–Kier alpha value is -1.20. The average Bonchev–Trinajstić information content (AvgIpc) is 2.36. The Morgan fingerprint density at radius 1 is 1.25 bits per heavy atom. The van der Waals surface area contributed by atoms with Crippen molar-refractivity contribution in [1.29, 1.82) is 0 Å². The zero-order valence-electron chi connectivity index (χ0n) is 12.8. The minimum absolute atomic E-state index is 0.0211. The van der Waals surface area contributed by atoms with Gasteiger partial charge in [-0.25, -0.2) is 0 Å². The second-order valence-corrected chi connectivity index (χ2v) is 5.73. The van der Waals surface area contributed by atoms with E-state index in [4.69, 9.17) is 0 Å². The first-order valence-corrected chi connectivity index (χ1v) is 6.68. The number of likely N-dealkylation sites (N-methyl/N-ethyl adjacent to an activating group) is 1. The molecule has 1 atom stereocenters. The number of nitrogens with zero attached hydrogens (tertiary/aromatic N) is 1. The third-order valence-corrected chi connectivity index (χ3v) is 3.65.